The van der Waals surface area contributed by atoms with Gasteiger partial charge in [0.15, 0.2) is 0 Å². The van der Waals surface area contributed by atoms with E-state index < -0.39 is 0 Å². The van der Waals surface area contributed by atoms with Crippen molar-refractivity contribution in [2.75, 3.05) is 0 Å². The molecule has 0 fully saturated rings. The Morgan fingerprint density at radius 2 is 2.00 bits per heavy atom. The molecular weight excluding hydrogens is 206 g/mol. The number of rotatable bonds is 0. The average molecular weight is 221 g/mol. The van der Waals surface area contributed by atoms with Gasteiger partial charge >= 0.3 is 0 Å². The van der Waals surface area contributed by atoms with Gasteiger partial charge in [-0.2, -0.15) is 5.10 Å². The van der Waals surface area contributed by atoms with Gasteiger partial charge < -0.3 is 0 Å². The van der Waals surface area contributed by atoms with E-state index >= 15 is 0 Å². The average Bonchev–Trinajstić information content (AvgIpc) is 2.67. The van der Waals surface area contributed by atoms with Crippen molar-refractivity contribution in [2.24, 2.45) is 0 Å². The molecule has 4 heteroatoms. The maximum atomic E-state index is 4.72. The summed E-state index contributed by atoms with van der Waals surface area (Å²) in [6.07, 6.45) is 2.52. The van der Waals surface area contributed by atoms with Crippen molar-refractivity contribution in [3.63, 3.8) is 0 Å². The fraction of sp³-hybridized carbons (Fsp3) is 0.636. The molecule has 2 atom stereocenters. The van der Waals surface area contributed by atoms with Gasteiger partial charge in [-0.3, -0.25) is 0 Å². The van der Waals surface area contributed by atoms with Crippen molar-refractivity contribution in [1.82, 2.24) is 14.6 Å². The molecule has 0 N–H and O–H groups in total. The number of nitrogens with zero attached hydrogens (tertiary/aromatic N) is 3. The third-order valence-corrected chi connectivity index (χ3v) is 4.16. The smallest absolute Gasteiger partial charge is 0.212 e. The molecular formula is C11H15N3S. The molecule has 0 bridgehead atoms. The van der Waals surface area contributed by atoms with Crippen LogP contribution in [-0.4, -0.2) is 14.6 Å². The fourth-order valence-electron chi connectivity index (χ4n) is 2.47. The summed E-state index contributed by atoms with van der Waals surface area (Å²) < 4.78 is 2.07. The van der Waals surface area contributed by atoms with Crippen molar-refractivity contribution in [3.8, 4) is 0 Å². The molecule has 1 aliphatic carbocycles. The van der Waals surface area contributed by atoms with Gasteiger partial charge in [0.05, 0.1) is 11.4 Å². The van der Waals surface area contributed by atoms with Crippen LogP contribution in [0.25, 0.3) is 4.96 Å². The van der Waals surface area contributed by atoms with Crippen LogP contribution in [0.15, 0.2) is 0 Å². The lowest BCUT2D eigenvalue weighted by Crippen LogP contribution is -2.12. The van der Waals surface area contributed by atoms with Crippen LogP contribution in [0.2, 0.25) is 0 Å². The van der Waals surface area contributed by atoms with E-state index in [1.165, 1.54) is 24.2 Å². The van der Waals surface area contributed by atoms with Crippen molar-refractivity contribution in [1.29, 1.82) is 0 Å². The van der Waals surface area contributed by atoms with Crippen molar-refractivity contribution in [2.45, 2.75) is 45.4 Å². The van der Waals surface area contributed by atoms with Gasteiger partial charge in [0, 0.05) is 11.8 Å². The lowest BCUT2D eigenvalue weighted by molar-refractivity contribution is 0.503. The van der Waals surface area contributed by atoms with Gasteiger partial charge in [-0.15, -0.1) is 0 Å². The maximum Gasteiger partial charge on any atom is 0.212 e. The van der Waals surface area contributed by atoms with E-state index in [4.69, 9.17) is 4.98 Å². The Bertz CT molecular complexity index is 511. The first-order chi connectivity index (χ1) is 7.16. The Morgan fingerprint density at radius 1 is 1.27 bits per heavy atom. The maximum absolute atomic E-state index is 4.72. The lowest BCUT2D eigenvalue weighted by Gasteiger charge is -2.22. The van der Waals surface area contributed by atoms with Crippen LogP contribution in [0.4, 0.5) is 0 Å². The highest BCUT2D eigenvalue weighted by atomic mass is 32.1. The van der Waals surface area contributed by atoms with Crippen LogP contribution in [0.1, 0.15) is 54.9 Å². The second-order valence-electron chi connectivity index (χ2n) is 4.58. The second-order valence-corrected chi connectivity index (χ2v) is 5.74. The van der Waals surface area contributed by atoms with Crippen LogP contribution in [0.3, 0.4) is 0 Å². The monoisotopic (exact) mass is 221 g/mol. The first-order valence-corrected chi connectivity index (χ1v) is 6.34. The molecule has 3 rings (SSSR count). The standard InChI is InChI=1S/C11H15N3S/c1-6-4-5-7(2)10-9(6)12-11-14(10)13-8(3)15-11/h6-7H,4-5H2,1-3H3. The molecule has 1 aliphatic rings. The van der Waals surface area contributed by atoms with Crippen LogP contribution < -0.4 is 0 Å². The molecule has 80 valence electrons. The predicted octanol–water partition coefficient (Wildman–Crippen LogP) is 3.10. The normalized spacial score (nSPS) is 25.8. The Balaban J connectivity index is 2.31. The third kappa shape index (κ3) is 1.24. The largest absolute Gasteiger partial charge is 0.222 e. The van der Waals surface area contributed by atoms with Gasteiger partial charge in [-0.05, 0) is 19.8 Å². The van der Waals surface area contributed by atoms with E-state index in [0.29, 0.717) is 11.8 Å². The van der Waals surface area contributed by atoms with Crippen molar-refractivity contribution >= 4 is 16.3 Å². The van der Waals surface area contributed by atoms with Gasteiger partial charge in [-0.25, -0.2) is 9.50 Å². The molecule has 15 heavy (non-hydrogen) atoms. The first kappa shape index (κ1) is 9.33. The van der Waals surface area contributed by atoms with Crippen molar-refractivity contribution < 1.29 is 0 Å². The minimum absolute atomic E-state index is 0.602. The minimum Gasteiger partial charge on any atom is -0.222 e. The van der Waals surface area contributed by atoms with Crippen LogP contribution in [-0.2, 0) is 0 Å². The van der Waals surface area contributed by atoms with Crippen LogP contribution in [0, 0.1) is 6.92 Å². The molecule has 0 spiro atoms. The molecule has 0 saturated carbocycles. The summed E-state index contributed by atoms with van der Waals surface area (Å²) in [6.45, 7) is 6.60. The number of hydrogen-bond acceptors (Lipinski definition) is 3. The molecule has 2 aromatic heterocycles. The van der Waals surface area contributed by atoms with Gasteiger partial charge in [-0.1, -0.05) is 25.2 Å². The Labute approximate surface area is 93.1 Å². The van der Waals surface area contributed by atoms with Gasteiger partial charge in [0.25, 0.3) is 0 Å². The highest BCUT2D eigenvalue weighted by Gasteiger charge is 2.28. The molecule has 2 heterocycles. The number of fused-ring (bicyclic) bond motifs is 3. The summed E-state index contributed by atoms with van der Waals surface area (Å²) in [6, 6.07) is 0. The highest BCUT2D eigenvalue weighted by molar-refractivity contribution is 7.16. The van der Waals surface area contributed by atoms with E-state index in [0.717, 1.165) is 9.97 Å². The SMILES string of the molecule is Cc1nn2c3c(nc2s1)C(C)CCC3C. The molecule has 3 nitrogen and oxygen atoms in total. The van der Waals surface area contributed by atoms with E-state index in [1.54, 1.807) is 11.3 Å². The van der Waals surface area contributed by atoms with E-state index in [9.17, 15) is 0 Å². The first-order valence-electron chi connectivity index (χ1n) is 5.52. The number of aryl methyl sites for hydroxylation is 1. The molecule has 0 amide bonds. The Hall–Kier alpha value is -0.900. The van der Waals surface area contributed by atoms with E-state index in [2.05, 4.69) is 23.5 Å². The fourth-order valence-corrected chi connectivity index (χ4v) is 3.23. The molecule has 0 saturated heterocycles. The molecule has 2 unspecified atom stereocenters. The zero-order valence-corrected chi connectivity index (χ0v) is 10.1. The highest BCUT2D eigenvalue weighted by Crippen LogP contribution is 2.38. The molecule has 0 aliphatic heterocycles. The van der Waals surface area contributed by atoms with E-state index in [-0.39, 0.29) is 0 Å². The van der Waals surface area contributed by atoms with E-state index in [1.807, 2.05) is 6.92 Å². The minimum atomic E-state index is 0.602. The van der Waals surface area contributed by atoms with Crippen LogP contribution in [0.5, 0.6) is 0 Å². The second kappa shape index (κ2) is 3.04. The summed E-state index contributed by atoms with van der Waals surface area (Å²) >= 11 is 1.69. The zero-order valence-electron chi connectivity index (χ0n) is 9.32. The zero-order chi connectivity index (χ0) is 10.6. The van der Waals surface area contributed by atoms with Crippen LogP contribution >= 0.6 is 11.3 Å². The Morgan fingerprint density at radius 3 is 2.80 bits per heavy atom. The van der Waals surface area contributed by atoms with Gasteiger partial charge in [0.2, 0.25) is 4.96 Å². The third-order valence-electron chi connectivity index (χ3n) is 3.33. The topological polar surface area (TPSA) is 30.2 Å². The number of imidazole rings is 1. The number of hydrogen-bond donors (Lipinski definition) is 0. The summed E-state index contributed by atoms with van der Waals surface area (Å²) in [7, 11) is 0. The summed E-state index contributed by atoms with van der Waals surface area (Å²) in [5.74, 6) is 1.21. The lowest BCUT2D eigenvalue weighted by atomic mass is 9.85. The Kier molecular flexibility index (Phi) is 1.89. The number of aromatic nitrogens is 3. The quantitative estimate of drug-likeness (QED) is 0.684. The summed E-state index contributed by atoms with van der Waals surface area (Å²) in [5.41, 5.74) is 2.64. The molecule has 2 aromatic rings. The predicted molar refractivity (Wildman–Crippen MR) is 61.7 cm³/mol. The van der Waals surface area contributed by atoms with Gasteiger partial charge in [0.1, 0.15) is 5.01 Å². The molecule has 0 radical (unpaired) electrons. The summed E-state index contributed by atoms with van der Waals surface area (Å²) in [4.78, 5) is 5.79. The molecule has 0 aromatic carbocycles. The summed E-state index contributed by atoms with van der Waals surface area (Å²) in [5, 5.41) is 5.65. The van der Waals surface area contributed by atoms with Crippen molar-refractivity contribution in [3.05, 3.63) is 16.4 Å².